The number of halogens is 2. The van der Waals surface area contributed by atoms with Gasteiger partial charge in [0.05, 0.1) is 12.8 Å². The molecule has 0 spiro atoms. The van der Waals surface area contributed by atoms with Gasteiger partial charge >= 0.3 is 0 Å². The average molecular weight is 198 g/mol. The van der Waals surface area contributed by atoms with Crippen molar-refractivity contribution in [2.24, 2.45) is 0 Å². The Balaban J connectivity index is 3.32. The van der Waals surface area contributed by atoms with Crippen molar-refractivity contribution in [2.45, 2.75) is 13.3 Å². The first-order valence-corrected chi connectivity index (χ1v) is 3.84. The normalized spacial score (nSPS) is 10.0. The quantitative estimate of drug-likeness (QED) is 0.731. The molecule has 1 aromatic rings. The number of rotatable bonds is 2. The van der Waals surface area contributed by atoms with Crippen molar-refractivity contribution in [3.05, 3.63) is 22.9 Å². The second-order valence-electron chi connectivity index (χ2n) is 2.63. The molecular formula is C9H8F2N2O. The van der Waals surface area contributed by atoms with Gasteiger partial charge in [-0.05, 0) is 13.0 Å². The van der Waals surface area contributed by atoms with E-state index in [0.717, 1.165) is 6.07 Å². The van der Waals surface area contributed by atoms with Crippen molar-refractivity contribution in [2.75, 3.05) is 7.11 Å². The highest BCUT2D eigenvalue weighted by atomic mass is 19.3. The van der Waals surface area contributed by atoms with Crippen LogP contribution < -0.4 is 4.74 Å². The zero-order valence-electron chi connectivity index (χ0n) is 7.71. The average Bonchev–Trinajstić information content (AvgIpc) is 2.16. The number of methoxy groups -OCH3 is 1. The Morgan fingerprint density at radius 2 is 2.21 bits per heavy atom. The largest absolute Gasteiger partial charge is 0.480 e. The van der Waals surface area contributed by atoms with E-state index in [4.69, 9.17) is 10.00 Å². The second kappa shape index (κ2) is 4.01. The SMILES string of the molecule is COc1nc(C)c(C(F)F)cc1C#N. The molecule has 1 rings (SSSR count). The number of aromatic nitrogens is 1. The molecule has 0 aliphatic carbocycles. The van der Waals surface area contributed by atoms with Crippen LogP contribution in [0, 0.1) is 18.3 Å². The number of ether oxygens (including phenoxy) is 1. The van der Waals surface area contributed by atoms with Crippen LogP contribution in [0.1, 0.15) is 23.2 Å². The molecule has 0 aliphatic heterocycles. The Bertz CT molecular complexity index is 385. The predicted octanol–water partition coefficient (Wildman–Crippen LogP) is 2.21. The Morgan fingerprint density at radius 1 is 1.57 bits per heavy atom. The molecule has 0 unspecified atom stereocenters. The van der Waals surface area contributed by atoms with Crippen LogP contribution >= 0.6 is 0 Å². The number of aryl methyl sites for hydroxylation is 1. The monoisotopic (exact) mass is 198 g/mol. The van der Waals surface area contributed by atoms with E-state index in [0.29, 0.717) is 0 Å². The summed E-state index contributed by atoms with van der Waals surface area (Å²) in [5, 5.41) is 8.63. The van der Waals surface area contributed by atoms with Gasteiger partial charge in [0.25, 0.3) is 6.43 Å². The first kappa shape index (κ1) is 10.4. The fourth-order valence-electron chi connectivity index (χ4n) is 1.06. The number of hydrogen-bond acceptors (Lipinski definition) is 3. The van der Waals surface area contributed by atoms with E-state index in [1.807, 2.05) is 0 Å². The molecule has 1 heterocycles. The highest BCUT2D eigenvalue weighted by molar-refractivity contribution is 5.42. The van der Waals surface area contributed by atoms with Gasteiger partial charge < -0.3 is 4.74 Å². The van der Waals surface area contributed by atoms with E-state index < -0.39 is 6.43 Å². The zero-order valence-corrected chi connectivity index (χ0v) is 7.71. The molecule has 5 heteroatoms. The number of pyridine rings is 1. The van der Waals surface area contributed by atoms with Gasteiger partial charge in [-0.2, -0.15) is 5.26 Å². The Hall–Kier alpha value is -1.70. The first-order chi connectivity index (χ1) is 6.60. The van der Waals surface area contributed by atoms with Crippen LogP contribution in [0.2, 0.25) is 0 Å². The van der Waals surface area contributed by atoms with Crippen LogP contribution in [-0.4, -0.2) is 12.1 Å². The lowest BCUT2D eigenvalue weighted by molar-refractivity contribution is 0.150. The lowest BCUT2D eigenvalue weighted by Crippen LogP contribution is -1.99. The van der Waals surface area contributed by atoms with Gasteiger partial charge in [-0.25, -0.2) is 13.8 Å². The van der Waals surface area contributed by atoms with Crippen LogP contribution in [0.25, 0.3) is 0 Å². The van der Waals surface area contributed by atoms with Crippen molar-refractivity contribution in [3.8, 4) is 11.9 Å². The van der Waals surface area contributed by atoms with E-state index in [1.165, 1.54) is 14.0 Å². The molecule has 0 fully saturated rings. The van der Waals surface area contributed by atoms with Crippen LogP contribution in [-0.2, 0) is 0 Å². The molecule has 0 bridgehead atoms. The van der Waals surface area contributed by atoms with Crippen molar-refractivity contribution in [1.29, 1.82) is 5.26 Å². The van der Waals surface area contributed by atoms with Crippen LogP contribution in [0.15, 0.2) is 6.07 Å². The molecule has 0 N–H and O–H groups in total. The highest BCUT2D eigenvalue weighted by Gasteiger charge is 2.15. The number of hydrogen-bond donors (Lipinski definition) is 0. The van der Waals surface area contributed by atoms with Crippen molar-refractivity contribution < 1.29 is 13.5 Å². The maximum atomic E-state index is 12.4. The molecule has 0 saturated heterocycles. The third-order valence-electron chi connectivity index (χ3n) is 1.77. The third kappa shape index (κ3) is 1.79. The number of nitriles is 1. The molecule has 0 aromatic carbocycles. The van der Waals surface area contributed by atoms with Crippen LogP contribution in [0.5, 0.6) is 5.88 Å². The minimum atomic E-state index is -2.62. The van der Waals surface area contributed by atoms with Gasteiger partial charge in [0.1, 0.15) is 11.6 Å². The fourth-order valence-corrected chi connectivity index (χ4v) is 1.06. The molecule has 1 aromatic heterocycles. The highest BCUT2D eigenvalue weighted by Crippen LogP contribution is 2.26. The molecular weight excluding hydrogens is 190 g/mol. The lowest BCUT2D eigenvalue weighted by atomic mass is 10.1. The summed E-state index contributed by atoms with van der Waals surface area (Å²) in [5.41, 5.74) is -0.0356. The summed E-state index contributed by atoms with van der Waals surface area (Å²) < 4.78 is 29.6. The molecule has 74 valence electrons. The minimum absolute atomic E-state index is 0.0217. The summed E-state index contributed by atoms with van der Waals surface area (Å²) >= 11 is 0. The Kier molecular flexibility index (Phi) is 2.97. The van der Waals surface area contributed by atoms with Crippen LogP contribution in [0.4, 0.5) is 8.78 Å². The van der Waals surface area contributed by atoms with E-state index >= 15 is 0 Å². The van der Waals surface area contributed by atoms with Gasteiger partial charge in [0, 0.05) is 5.56 Å². The maximum Gasteiger partial charge on any atom is 0.265 e. The lowest BCUT2D eigenvalue weighted by Gasteiger charge is -2.07. The Labute approximate surface area is 79.9 Å². The van der Waals surface area contributed by atoms with E-state index in [1.54, 1.807) is 6.07 Å². The van der Waals surface area contributed by atoms with Gasteiger partial charge in [0.15, 0.2) is 0 Å². The van der Waals surface area contributed by atoms with Crippen molar-refractivity contribution in [1.82, 2.24) is 4.98 Å². The molecule has 14 heavy (non-hydrogen) atoms. The van der Waals surface area contributed by atoms with E-state index in [2.05, 4.69) is 4.98 Å². The fraction of sp³-hybridized carbons (Fsp3) is 0.333. The van der Waals surface area contributed by atoms with Gasteiger partial charge in [-0.15, -0.1) is 0 Å². The predicted molar refractivity (Wildman–Crippen MR) is 45.2 cm³/mol. The smallest absolute Gasteiger partial charge is 0.265 e. The van der Waals surface area contributed by atoms with Crippen LogP contribution in [0.3, 0.4) is 0 Å². The molecule has 0 saturated carbocycles. The molecule has 0 aliphatic rings. The summed E-state index contributed by atoms with van der Waals surface area (Å²) in [4.78, 5) is 3.76. The number of nitrogens with zero attached hydrogens (tertiary/aromatic N) is 2. The Morgan fingerprint density at radius 3 is 2.64 bits per heavy atom. The third-order valence-corrected chi connectivity index (χ3v) is 1.77. The van der Waals surface area contributed by atoms with Gasteiger partial charge in [-0.1, -0.05) is 0 Å². The molecule has 0 radical (unpaired) electrons. The molecule has 0 amide bonds. The zero-order chi connectivity index (χ0) is 10.7. The molecule has 0 atom stereocenters. The first-order valence-electron chi connectivity index (χ1n) is 3.84. The molecule has 3 nitrogen and oxygen atoms in total. The second-order valence-corrected chi connectivity index (χ2v) is 2.63. The number of alkyl halides is 2. The summed E-state index contributed by atoms with van der Waals surface area (Å²) in [6.45, 7) is 1.45. The van der Waals surface area contributed by atoms with Crippen molar-refractivity contribution >= 4 is 0 Å². The van der Waals surface area contributed by atoms with Gasteiger partial charge in [0.2, 0.25) is 5.88 Å². The maximum absolute atomic E-state index is 12.4. The summed E-state index contributed by atoms with van der Waals surface area (Å²) in [6, 6.07) is 2.85. The van der Waals surface area contributed by atoms with E-state index in [9.17, 15) is 8.78 Å². The van der Waals surface area contributed by atoms with Crippen molar-refractivity contribution in [3.63, 3.8) is 0 Å². The van der Waals surface area contributed by atoms with Gasteiger partial charge in [-0.3, -0.25) is 0 Å². The van der Waals surface area contributed by atoms with E-state index in [-0.39, 0.29) is 22.7 Å². The minimum Gasteiger partial charge on any atom is -0.480 e. The summed E-state index contributed by atoms with van der Waals surface area (Å²) in [7, 11) is 1.34. The summed E-state index contributed by atoms with van der Waals surface area (Å²) in [6.07, 6.45) is -2.62. The summed E-state index contributed by atoms with van der Waals surface area (Å²) in [5.74, 6) is 0.0781. The topological polar surface area (TPSA) is 45.9 Å². The standard InChI is InChI=1S/C9H8F2N2O/c1-5-7(8(10)11)3-6(4-12)9(13-5)14-2/h3,8H,1-2H3.